The van der Waals surface area contributed by atoms with Crippen molar-refractivity contribution in [2.45, 2.75) is 33.2 Å². The van der Waals surface area contributed by atoms with E-state index in [-0.39, 0.29) is 5.54 Å². The number of hydrogen-bond donors (Lipinski definition) is 1. The van der Waals surface area contributed by atoms with E-state index in [1.54, 1.807) is 0 Å². The van der Waals surface area contributed by atoms with Gasteiger partial charge in [0, 0.05) is 29.7 Å². The molecule has 0 amide bonds. The summed E-state index contributed by atoms with van der Waals surface area (Å²) in [6.45, 7) is 8.40. The highest BCUT2D eigenvalue weighted by atomic mass is 14.9. The topological polar surface area (TPSA) is 30.9 Å². The molecule has 16 heavy (non-hydrogen) atoms. The van der Waals surface area contributed by atoms with E-state index in [1.165, 1.54) is 27.6 Å². The van der Waals surface area contributed by atoms with Gasteiger partial charge in [0.15, 0.2) is 0 Å². The number of aromatic nitrogens is 1. The minimum absolute atomic E-state index is 0.292. The van der Waals surface area contributed by atoms with Gasteiger partial charge in [0.1, 0.15) is 0 Å². The minimum Gasteiger partial charge on any atom is -0.350 e. The third-order valence-electron chi connectivity index (χ3n) is 3.13. The van der Waals surface area contributed by atoms with Crippen molar-refractivity contribution in [1.29, 1.82) is 0 Å². The number of rotatable bonds is 1. The molecular weight excluding hydrogens is 196 g/mol. The second-order valence-electron chi connectivity index (χ2n) is 5.35. The van der Waals surface area contributed by atoms with E-state index in [9.17, 15) is 0 Å². The van der Waals surface area contributed by atoms with Crippen LogP contribution in [0.5, 0.6) is 0 Å². The van der Waals surface area contributed by atoms with Crippen LogP contribution in [0.25, 0.3) is 10.9 Å². The van der Waals surface area contributed by atoms with Gasteiger partial charge in [-0.25, -0.2) is 0 Å². The van der Waals surface area contributed by atoms with Gasteiger partial charge < -0.3 is 10.3 Å². The standard InChI is InChI=1S/C14H20N2/c1-9-6-10(2)13-11(14(3,4)15)8-16(5)12(13)7-9/h6-8H,15H2,1-5H3. The summed E-state index contributed by atoms with van der Waals surface area (Å²) in [5, 5.41) is 1.31. The maximum absolute atomic E-state index is 6.23. The Bertz CT molecular complexity index is 542. The molecule has 0 aliphatic rings. The molecule has 2 N–H and O–H groups in total. The Labute approximate surface area is 97.1 Å². The van der Waals surface area contributed by atoms with Gasteiger partial charge in [0.25, 0.3) is 0 Å². The molecule has 0 aliphatic carbocycles. The fraction of sp³-hybridized carbons (Fsp3) is 0.429. The highest BCUT2D eigenvalue weighted by Crippen LogP contribution is 2.31. The van der Waals surface area contributed by atoms with Crippen LogP contribution in [0.4, 0.5) is 0 Å². The Morgan fingerprint density at radius 3 is 2.38 bits per heavy atom. The van der Waals surface area contributed by atoms with E-state index in [0.29, 0.717) is 0 Å². The predicted octanol–water partition coefficient (Wildman–Crippen LogP) is 2.99. The van der Waals surface area contributed by atoms with Gasteiger partial charge >= 0.3 is 0 Å². The minimum atomic E-state index is -0.292. The Kier molecular flexibility index (Phi) is 2.35. The van der Waals surface area contributed by atoms with Crippen LogP contribution in [0.3, 0.4) is 0 Å². The molecule has 2 nitrogen and oxygen atoms in total. The van der Waals surface area contributed by atoms with Gasteiger partial charge in [-0.2, -0.15) is 0 Å². The molecule has 0 atom stereocenters. The second kappa shape index (κ2) is 3.36. The molecule has 0 fully saturated rings. The lowest BCUT2D eigenvalue weighted by molar-refractivity contribution is 0.557. The first kappa shape index (κ1) is 11.2. The van der Waals surface area contributed by atoms with Crippen molar-refractivity contribution in [3.05, 3.63) is 35.0 Å². The van der Waals surface area contributed by atoms with E-state index in [1.807, 2.05) is 0 Å². The Balaban J connectivity index is 2.89. The first-order chi connectivity index (χ1) is 7.30. The first-order valence-corrected chi connectivity index (χ1v) is 5.66. The lowest BCUT2D eigenvalue weighted by Crippen LogP contribution is -2.28. The molecule has 86 valence electrons. The van der Waals surface area contributed by atoms with Crippen molar-refractivity contribution in [1.82, 2.24) is 4.57 Å². The highest BCUT2D eigenvalue weighted by molar-refractivity contribution is 5.88. The zero-order chi connectivity index (χ0) is 12.1. The van der Waals surface area contributed by atoms with Crippen molar-refractivity contribution in [3.8, 4) is 0 Å². The normalized spacial score (nSPS) is 12.4. The molecule has 0 unspecified atom stereocenters. The van der Waals surface area contributed by atoms with Crippen LogP contribution in [0, 0.1) is 13.8 Å². The second-order valence-corrected chi connectivity index (χ2v) is 5.35. The van der Waals surface area contributed by atoms with Gasteiger partial charge in [0.2, 0.25) is 0 Å². The van der Waals surface area contributed by atoms with Crippen molar-refractivity contribution in [3.63, 3.8) is 0 Å². The first-order valence-electron chi connectivity index (χ1n) is 5.66. The number of benzene rings is 1. The molecule has 2 heteroatoms. The summed E-state index contributed by atoms with van der Waals surface area (Å²) in [7, 11) is 2.08. The van der Waals surface area contributed by atoms with Crippen LogP contribution in [0.2, 0.25) is 0 Å². The number of nitrogens with zero attached hydrogens (tertiary/aromatic N) is 1. The summed E-state index contributed by atoms with van der Waals surface area (Å²) in [6.07, 6.45) is 2.15. The van der Waals surface area contributed by atoms with Crippen LogP contribution in [-0.4, -0.2) is 4.57 Å². The predicted molar refractivity (Wildman–Crippen MR) is 69.6 cm³/mol. The molecule has 0 bridgehead atoms. The molecular formula is C14H20N2. The van der Waals surface area contributed by atoms with E-state index in [2.05, 4.69) is 57.6 Å². The fourth-order valence-electron chi connectivity index (χ4n) is 2.39. The summed E-state index contributed by atoms with van der Waals surface area (Å²) in [5.41, 5.74) is 11.0. The van der Waals surface area contributed by atoms with Crippen LogP contribution < -0.4 is 5.73 Å². The molecule has 0 aliphatic heterocycles. The molecule has 1 aromatic carbocycles. The Morgan fingerprint density at radius 2 is 1.81 bits per heavy atom. The van der Waals surface area contributed by atoms with Crippen LogP contribution >= 0.6 is 0 Å². The third kappa shape index (κ3) is 1.63. The maximum Gasteiger partial charge on any atom is 0.0486 e. The van der Waals surface area contributed by atoms with Gasteiger partial charge in [-0.1, -0.05) is 6.07 Å². The molecule has 0 radical (unpaired) electrons. The smallest absolute Gasteiger partial charge is 0.0486 e. The average molecular weight is 216 g/mol. The SMILES string of the molecule is Cc1cc(C)c2c(C(C)(C)N)cn(C)c2c1. The van der Waals surface area contributed by atoms with Crippen molar-refractivity contribution >= 4 is 10.9 Å². The largest absolute Gasteiger partial charge is 0.350 e. The van der Waals surface area contributed by atoms with Crippen LogP contribution in [-0.2, 0) is 12.6 Å². The summed E-state index contributed by atoms with van der Waals surface area (Å²) in [5.74, 6) is 0. The van der Waals surface area contributed by atoms with E-state index < -0.39 is 0 Å². The average Bonchev–Trinajstić information content (AvgIpc) is 2.43. The molecule has 0 saturated carbocycles. The summed E-state index contributed by atoms with van der Waals surface area (Å²) >= 11 is 0. The Hall–Kier alpha value is -1.28. The number of nitrogens with two attached hydrogens (primary N) is 1. The van der Waals surface area contributed by atoms with Gasteiger partial charge in [-0.05, 0) is 50.5 Å². The Morgan fingerprint density at radius 1 is 1.19 bits per heavy atom. The monoisotopic (exact) mass is 216 g/mol. The quantitative estimate of drug-likeness (QED) is 0.780. The zero-order valence-corrected chi connectivity index (χ0v) is 10.8. The van der Waals surface area contributed by atoms with Gasteiger partial charge in [-0.15, -0.1) is 0 Å². The molecule has 0 saturated heterocycles. The summed E-state index contributed by atoms with van der Waals surface area (Å²) in [4.78, 5) is 0. The van der Waals surface area contributed by atoms with Gasteiger partial charge in [0.05, 0.1) is 0 Å². The molecule has 2 aromatic rings. The third-order valence-corrected chi connectivity index (χ3v) is 3.13. The molecule has 1 aromatic heterocycles. The van der Waals surface area contributed by atoms with Crippen LogP contribution in [0.1, 0.15) is 30.5 Å². The number of aryl methyl sites for hydroxylation is 3. The maximum atomic E-state index is 6.23. The number of fused-ring (bicyclic) bond motifs is 1. The molecule has 0 spiro atoms. The van der Waals surface area contributed by atoms with E-state index in [0.717, 1.165) is 0 Å². The zero-order valence-electron chi connectivity index (χ0n) is 10.8. The van der Waals surface area contributed by atoms with Crippen molar-refractivity contribution < 1.29 is 0 Å². The molecule has 2 rings (SSSR count). The fourth-order valence-corrected chi connectivity index (χ4v) is 2.39. The highest BCUT2D eigenvalue weighted by Gasteiger charge is 2.21. The lowest BCUT2D eigenvalue weighted by Gasteiger charge is -2.18. The van der Waals surface area contributed by atoms with Crippen molar-refractivity contribution in [2.75, 3.05) is 0 Å². The van der Waals surface area contributed by atoms with Crippen molar-refractivity contribution in [2.24, 2.45) is 12.8 Å². The van der Waals surface area contributed by atoms with Gasteiger partial charge in [-0.3, -0.25) is 0 Å². The van der Waals surface area contributed by atoms with Crippen LogP contribution in [0.15, 0.2) is 18.3 Å². The van der Waals surface area contributed by atoms with E-state index >= 15 is 0 Å². The number of hydrogen-bond acceptors (Lipinski definition) is 1. The lowest BCUT2D eigenvalue weighted by atomic mass is 9.92. The summed E-state index contributed by atoms with van der Waals surface area (Å²) < 4.78 is 2.17. The molecule has 1 heterocycles. The van der Waals surface area contributed by atoms with E-state index in [4.69, 9.17) is 5.73 Å². The summed E-state index contributed by atoms with van der Waals surface area (Å²) in [6, 6.07) is 4.44.